The van der Waals surface area contributed by atoms with E-state index in [1.54, 1.807) is 4.57 Å². The number of nitrogens with zero attached hydrogens (tertiary/aromatic N) is 2. The first-order valence-electron chi connectivity index (χ1n) is 38.3. The molecule has 15 aromatic carbocycles. The van der Waals surface area contributed by atoms with Gasteiger partial charge in [0.15, 0.2) is 16.1 Å². The molecule has 1 aromatic heterocycles. The van der Waals surface area contributed by atoms with Crippen molar-refractivity contribution in [3.63, 3.8) is 0 Å². The fourth-order valence-electron chi connectivity index (χ4n) is 16.2. The van der Waals surface area contributed by atoms with Gasteiger partial charge in [0.05, 0.1) is 27.7 Å². The van der Waals surface area contributed by atoms with Gasteiger partial charge >= 0.3 is 0 Å². The Kier molecular flexibility index (Phi) is 12.9. The van der Waals surface area contributed by atoms with E-state index in [0.29, 0.717) is 17.2 Å². The van der Waals surface area contributed by atoms with E-state index in [2.05, 4.69) is 341 Å². The molecule has 0 bridgehead atoms. The molecule has 0 fully saturated rings. The highest BCUT2D eigenvalue weighted by Crippen LogP contribution is 2.47. The predicted molar refractivity (Wildman–Crippen MR) is 429 cm³/mol. The summed E-state index contributed by atoms with van der Waals surface area (Å²) in [5, 5.41) is 9.29. The number of rotatable bonds is 13. The van der Waals surface area contributed by atoms with Gasteiger partial charge in [0.25, 0.3) is 6.71 Å². The molecule has 100 heavy (non-hydrogen) atoms. The summed E-state index contributed by atoms with van der Waals surface area (Å²) in [6.45, 7) is 6.19. The first-order valence-corrected chi connectivity index (χ1v) is 38.3. The Balaban J connectivity index is 1.00. The molecule has 0 amide bonds. The lowest BCUT2D eigenvalue weighted by atomic mass is 9.34. The number of fused-ring (bicyclic) bond motifs is 7. The molecule has 0 aliphatic carbocycles. The Bertz CT molecular complexity index is 6090. The van der Waals surface area contributed by atoms with Crippen LogP contribution in [0.25, 0.3) is 60.9 Å². The molecule has 474 valence electrons. The standard InChI is InChI=1S/C94H71BN2OSi2/c1-94(2,3)71-53-58-88(83(61-71)68-35-15-6-16-36-68)97-89-62-72(96-86-51-27-25-49-81(86)82-50-26-28-52-87(82)96)54-56-84(89)95-85-57-55-79(99(73-39-17-7-18-40-73,74-41-19-8-20-42-74)77-47-29-37-69(59-77)66-31-11-4-12-32-66)64-91(85)98-92-65-80(63-90(97)93(92)95)100(75-43-21-9-22-44-75,76-45-23-10-24-46-76)78-48-30-38-70(60-78)67-33-13-5-14-34-67/h4-65H,1-3H3/i25D,26D,27D,28D,49D,50D,51D,52D. The molecule has 18 rings (SSSR count). The monoisotopic (exact) mass is 1320 g/mol. The fraction of sp³-hybridized carbons (Fsp3) is 0.0426. The van der Waals surface area contributed by atoms with E-state index in [4.69, 9.17) is 7.48 Å². The van der Waals surface area contributed by atoms with Crippen LogP contribution in [-0.2, 0) is 5.41 Å². The lowest BCUT2D eigenvalue weighted by Crippen LogP contribution is -2.75. The minimum Gasteiger partial charge on any atom is -0.458 e. The van der Waals surface area contributed by atoms with Crippen LogP contribution in [-0.4, -0.2) is 27.4 Å². The summed E-state index contributed by atoms with van der Waals surface area (Å²) in [4.78, 5) is 2.38. The summed E-state index contributed by atoms with van der Waals surface area (Å²) in [6.07, 6.45) is 0. The summed E-state index contributed by atoms with van der Waals surface area (Å²) in [6, 6.07) is 115. The normalized spacial score (nSPS) is 13.7. The number of hydrogen-bond acceptors (Lipinski definition) is 2. The molecular weight excluding hydrogens is 1240 g/mol. The zero-order chi connectivity index (χ0) is 73.9. The van der Waals surface area contributed by atoms with Crippen molar-refractivity contribution in [2.24, 2.45) is 0 Å². The van der Waals surface area contributed by atoms with Gasteiger partial charge in [-0.25, -0.2) is 0 Å². The van der Waals surface area contributed by atoms with Crippen molar-refractivity contribution in [2.75, 3.05) is 4.90 Å². The Hall–Kier alpha value is -11.8. The third-order valence-corrected chi connectivity index (χ3v) is 30.2. The molecule has 2 aliphatic rings. The van der Waals surface area contributed by atoms with E-state index in [9.17, 15) is 8.22 Å². The zero-order valence-corrected chi connectivity index (χ0v) is 57.6. The van der Waals surface area contributed by atoms with Crippen molar-refractivity contribution in [1.29, 1.82) is 0 Å². The lowest BCUT2D eigenvalue weighted by molar-refractivity contribution is 0.488. The summed E-state index contributed by atoms with van der Waals surface area (Å²) >= 11 is 0. The molecule has 0 saturated heterocycles. The van der Waals surface area contributed by atoms with Crippen LogP contribution in [0.1, 0.15) is 37.3 Å². The van der Waals surface area contributed by atoms with Gasteiger partial charge in [0.2, 0.25) is 0 Å². The number of para-hydroxylation sites is 2. The summed E-state index contributed by atoms with van der Waals surface area (Å²) in [7, 11) is -6.95. The molecule has 6 heteroatoms. The topological polar surface area (TPSA) is 17.4 Å². The van der Waals surface area contributed by atoms with Gasteiger partial charge in [-0.2, -0.15) is 0 Å². The van der Waals surface area contributed by atoms with Crippen molar-refractivity contribution in [1.82, 2.24) is 4.57 Å². The Morgan fingerprint density at radius 1 is 0.330 bits per heavy atom. The second-order valence-corrected chi connectivity index (χ2v) is 34.9. The molecule has 3 heterocycles. The average molecular weight is 1320 g/mol. The van der Waals surface area contributed by atoms with E-state index in [1.807, 2.05) is 12.1 Å². The van der Waals surface area contributed by atoms with Crippen molar-refractivity contribution in [3.8, 4) is 50.6 Å². The SMILES string of the molecule is [2H]c1c([2H])c([2H])c2c(c1[2H])c1c([2H])c([2H])c([2H])c([2H])c1n2-c1ccc2c(c1)N(c1ccc(C(C)(C)C)cc1-c1ccccc1)c1cc([Si](c3ccccc3)(c3ccccc3)c3cccc(-c4ccccc4)c3)cc3c1B2c1ccc([Si](c2ccccc2)(c2ccccc2)c2cccc(-c4ccccc4)c2)cc1O3. The highest BCUT2D eigenvalue weighted by molar-refractivity contribution is 7.20. The summed E-state index contributed by atoms with van der Waals surface area (Å²) < 4.78 is 85.1. The van der Waals surface area contributed by atoms with Crippen molar-refractivity contribution < 1.29 is 15.7 Å². The van der Waals surface area contributed by atoms with Gasteiger partial charge in [-0.1, -0.05) is 342 Å². The number of anilines is 3. The zero-order valence-electron chi connectivity index (χ0n) is 63.6. The number of ether oxygens (including phenoxy) is 1. The van der Waals surface area contributed by atoms with Crippen LogP contribution in [0.2, 0.25) is 0 Å². The predicted octanol–water partition coefficient (Wildman–Crippen LogP) is 16.2. The van der Waals surface area contributed by atoms with Gasteiger partial charge in [-0.05, 0) is 151 Å². The van der Waals surface area contributed by atoms with E-state index in [-0.39, 0.29) is 39.3 Å². The third-order valence-electron chi connectivity index (χ3n) is 20.7. The van der Waals surface area contributed by atoms with Crippen molar-refractivity contribution in [3.05, 3.63) is 381 Å². The molecule has 16 aromatic rings. The molecule has 0 saturated carbocycles. The molecule has 0 atom stereocenters. The minimum atomic E-state index is -3.61. The maximum absolute atomic E-state index is 9.81. The van der Waals surface area contributed by atoms with Gasteiger partial charge in [0, 0.05) is 33.4 Å². The van der Waals surface area contributed by atoms with Crippen molar-refractivity contribution >= 4 is 120 Å². The van der Waals surface area contributed by atoms with Gasteiger partial charge < -0.3 is 14.2 Å². The second-order valence-electron chi connectivity index (χ2n) is 27.3. The number of aromatic nitrogens is 1. The van der Waals surface area contributed by atoms with Crippen LogP contribution in [0, 0.1) is 0 Å². The Morgan fingerprint density at radius 2 is 0.760 bits per heavy atom. The quantitative estimate of drug-likeness (QED) is 0.0846. The lowest BCUT2D eigenvalue weighted by Gasteiger charge is -2.43. The number of benzene rings is 15. The maximum Gasteiger partial charge on any atom is 0.256 e. The van der Waals surface area contributed by atoms with Crippen molar-refractivity contribution in [2.45, 2.75) is 26.2 Å². The maximum atomic E-state index is 9.81. The highest BCUT2D eigenvalue weighted by Gasteiger charge is 2.49. The summed E-state index contributed by atoms with van der Waals surface area (Å²) in [5.41, 5.74) is 13.0. The van der Waals surface area contributed by atoms with Crippen LogP contribution in [0.5, 0.6) is 11.5 Å². The van der Waals surface area contributed by atoms with Crippen LogP contribution in [0.4, 0.5) is 17.1 Å². The van der Waals surface area contributed by atoms with Crippen LogP contribution < -0.4 is 67.5 Å². The summed E-state index contributed by atoms with van der Waals surface area (Å²) in [5.74, 6) is 1.39. The molecular formula is C94H71BN2OSi2. The number of hydrogen-bond donors (Lipinski definition) is 0. The average Bonchev–Trinajstić information content (AvgIpc) is 1.22. The Morgan fingerprint density at radius 3 is 1.27 bits per heavy atom. The largest absolute Gasteiger partial charge is 0.458 e. The van der Waals surface area contributed by atoms with E-state index < -0.39 is 59.1 Å². The van der Waals surface area contributed by atoms with Crippen LogP contribution in [0.3, 0.4) is 0 Å². The van der Waals surface area contributed by atoms with E-state index >= 15 is 0 Å². The highest BCUT2D eigenvalue weighted by atomic mass is 28.3. The fourth-order valence-corrected chi connectivity index (χ4v) is 25.8. The molecule has 0 spiro atoms. The molecule has 0 unspecified atom stereocenters. The van der Waals surface area contributed by atoms with Crippen LogP contribution >= 0.6 is 0 Å². The Labute approximate surface area is 599 Å². The van der Waals surface area contributed by atoms with E-state index in [0.717, 1.165) is 98.3 Å². The first kappa shape index (κ1) is 52.3. The molecule has 3 nitrogen and oxygen atoms in total. The smallest absolute Gasteiger partial charge is 0.256 e. The van der Waals surface area contributed by atoms with Crippen LogP contribution in [0.15, 0.2) is 376 Å². The van der Waals surface area contributed by atoms with Gasteiger partial charge in [0.1, 0.15) is 11.5 Å². The molecule has 0 N–H and O–H groups in total. The minimum absolute atomic E-state index is 0.00683. The third kappa shape index (κ3) is 9.92. The molecule has 2 aliphatic heterocycles. The van der Waals surface area contributed by atoms with Gasteiger partial charge in [-0.15, -0.1) is 0 Å². The molecule has 0 radical (unpaired) electrons. The first-order chi connectivity index (χ1) is 52.5. The van der Waals surface area contributed by atoms with Gasteiger partial charge in [-0.3, -0.25) is 0 Å². The van der Waals surface area contributed by atoms with E-state index in [1.165, 1.54) is 15.6 Å². The second kappa shape index (κ2) is 24.6.